The second kappa shape index (κ2) is 5.99. The molecule has 1 unspecified atom stereocenters. The van der Waals surface area contributed by atoms with E-state index in [4.69, 9.17) is 9.47 Å². The third-order valence-corrected chi connectivity index (χ3v) is 2.77. The summed E-state index contributed by atoms with van der Waals surface area (Å²) in [7, 11) is 0. The monoisotopic (exact) mass is 221 g/mol. The van der Waals surface area contributed by atoms with Gasteiger partial charge in [-0.15, -0.1) is 0 Å². The molecule has 3 heteroatoms. The molecule has 0 aromatic heterocycles. The molecule has 1 saturated heterocycles. The van der Waals surface area contributed by atoms with Crippen molar-refractivity contribution in [3.05, 3.63) is 35.9 Å². The van der Waals surface area contributed by atoms with E-state index >= 15 is 0 Å². The lowest BCUT2D eigenvalue weighted by Gasteiger charge is -2.21. The summed E-state index contributed by atoms with van der Waals surface area (Å²) in [6.07, 6.45) is 0.821. The van der Waals surface area contributed by atoms with E-state index in [1.54, 1.807) is 0 Å². The van der Waals surface area contributed by atoms with Gasteiger partial charge in [-0.2, -0.15) is 0 Å². The van der Waals surface area contributed by atoms with Crippen molar-refractivity contribution in [3.63, 3.8) is 0 Å². The molecule has 1 aliphatic heterocycles. The van der Waals surface area contributed by atoms with Crippen molar-refractivity contribution >= 4 is 0 Å². The van der Waals surface area contributed by atoms with Crippen molar-refractivity contribution < 1.29 is 9.47 Å². The fraction of sp³-hybridized carbons (Fsp3) is 0.538. The molecule has 1 N–H and O–H groups in total. The van der Waals surface area contributed by atoms with Crippen LogP contribution in [0.25, 0.3) is 0 Å². The molecule has 2 rings (SSSR count). The minimum atomic E-state index is -0.0516. The van der Waals surface area contributed by atoms with Gasteiger partial charge in [-0.25, -0.2) is 0 Å². The highest BCUT2D eigenvalue weighted by molar-refractivity contribution is 5.18. The van der Waals surface area contributed by atoms with E-state index in [1.807, 2.05) is 6.07 Å². The summed E-state index contributed by atoms with van der Waals surface area (Å²) in [5, 5.41) is 3.47. The minimum absolute atomic E-state index is 0.0516. The van der Waals surface area contributed by atoms with E-state index in [9.17, 15) is 0 Å². The van der Waals surface area contributed by atoms with Gasteiger partial charge in [0.1, 0.15) is 0 Å². The van der Waals surface area contributed by atoms with Gasteiger partial charge in [-0.3, -0.25) is 0 Å². The predicted molar refractivity (Wildman–Crippen MR) is 63.2 cm³/mol. The van der Waals surface area contributed by atoms with Gasteiger partial charge in [0, 0.05) is 12.5 Å². The number of rotatable bonds is 5. The average molecular weight is 221 g/mol. The summed E-state index contributed by atoms with van der Waals surface area (Å²) < 4.78 is 11.0. The molecule has 1 heterocycles. The van der Waals surface area contributed by atoms with Crippen LogP contribution < -0.4 is 5.32 Å². The molecular formula is C13H19NO2. The van der Waals surface area contributed by atoms with Gasteiger partial charge in [-0.1, -0.05) is 37.3 Å². The van der Waals surface area contributed by atoms with E-state index in [-0.39, 0.29) is 6.29 Å². The predicted octanol–water partition coefficient (Wildman–Crippen LogP) is 2.10. The summed E-state index contributed by atoms with van der Waals surface area (Å²) in [4.78, 5) is 0. The van der Waals surface area contributed by atoms with Crippen LogP contribution in [0.5, 0.6) is 0 Å². The molecular weight excluding hydrogens is 202 g/mol. The van der Waals surface area contributed by atoms with E-state index in [0.29, 0.717) is 6.04 Å². The van der Waals surface area contributed by atoms with Crippen LogP contribution in [0.3, 0.4) is 0 Å². The number of hydrogen-bond donors (Lipinski definition) is 1. The van der Waals surface area contributed by atoms with E-state index in [0.717, 1.165) is 26.2 Å². The second-order valence-corrected chi connectivity index (χ2v) is 3.93. The zero-order chi connectivity index (χ0) is 11.2. The minimum Gasteiger partial charge on any atom is -0.350 e. The Morgan fingerprint density at radius 2 is 1.94 bits per heavy atom. The maximum Gasteiger partial charge on any atom is 0.159 e. The van der Waals surface area contributed by atoms with Gasteiger partial charge < -0.3 is 14.8 Å². The summed E-state index contributed by atoms with van der Waals surface area (Å²) >= 11 is 0. The third-order valence-electron chi connectivity index (χ3n) is 2.77. The smallest absolute Gasteiger partial charge is 0.159 e. The Morgan fingerprint density at radius 1 is 1.25 bits per heavy atom. The number of benzene rings is 1. The fourth-order valence-corrected chi connectivity index (χ4v) is 2.00. The lowest BCUT2D eigenvalue weighted by atomic mass is 10.0. The van der Waals surface area contributed by atoms with Crippen LogP contribution in [0.2, 0.25) is 0 Å². The zero-order valence-electron chi connectivity index (χ0n) is 9.69. The molecule has 0 amide bonds. The highest BCUT2D eigenvalue weighted by atomic mass is 16.7. The average Bonchev–Trinajstić information content (AvgIpc) is 2.83. The first-order chi connectivity index (χ1) is 7.90. The molecule has 3 nitrogen and oxygen atoms in total. The van der Waals surface area contributed by atoms with E-state index < -0.39 is 0 Å². The first-order valence-electron chi connectivity index (χ1n) is 5.91. The third kappa shape index (κ3) is 3.04. The summed E-state index contributed by atoms with van der Waals surface area (Å²) in [6.45, 7) is 4.51. The van der Waals surface area contributed by atoms with Crippen molar-refractivity contribution in [1.82, 2.24) is 5.32 Å². The quantitative estimate of drug-likeness (QED) is 0.826. The molecule has 88 valence electrons. The van der Waals surface area contributed by atoms with Gasteiger partial charge in [0.15, 0.2) is 6.29 Å². The highest BCUT2D eigenvalue weighted by Crippen LogP contribution is 2.21. The topological polar surface area (TPSA) is 30.5 Å². The zero-order valence-corrected chi connectivity index (χ0v) is 9.69. The second-order valence-electron chi connectivity index (χ2n) is 3.93. The normalized spacial score (nSPS) is 18.8. The first kappa shape index (κ1) is 11.6. The summed E-state index contributed by atoms with van der Waals surface area (Å²) in [6, 6.07) is 10.8. The molecule has 16 heavy (non-hydrogen) atoms. The van der Waals surface area contributed by atoms with Crippen LogP contribution in [-0.2, 0) is 9.47 Å². The van der Waals surface area contributed by atoms with Gasteiger partial charge in [-0.05, 0) is 12.1 Å². The molecule has 1 fully saturated rings. The summed E-state index contributed by atoms with van der Waals surface area (Å²) in [5.41, 5.74) is 1.29. The van der Waals surface area contributed by atoms with Crippen LogP contribution >= 0.6 is 0 Å². The maximum absolute atomic E-state index is 5.49. The SMILES string of the molecule is CCNC(CC1OCCO1)c1ccccc1. The molecule has 0 radical (unpaired) electrons. The standard InChI is InChI=1S/C13H19NO2/c1-2-14-12(10-13-15-8-9-16-13)11-6-4-3-5-7-11/h3-7,12-14H,2,8-10H2,1H3. The van der Waals surface area contributed by atoms with Crippen molar-refractivity contribution in [2.45, 2.75) is 25.7 Å². The summed E-state index contributed by atoms with van der Waals surface area (Å²) in [5.74, 6) is 0. The highest BCUT2D eigenvalue weighted by Gasteiger charge is 2.21. The van der Waals surface area contributed by atoms with Crippen LogP contribution in [-0.4, -0.2) is 26.0 Å². The molecule has 1 aromatic rings. The number of ether oxygens (including phenoxy) is 2. The molecule has 0 saturated carbocycles. The Hall–Kier alpha value is -0.900. The van der Waals surface area contributed by atoms with Gasteiger partial charge >= 0.3 is 0 Å². The van der Waals surface area contributed by atoms with Gasteiger partial charge in [0.25, 0.3) is 0 Å². The van der Waals surface area contributed by atoms with Crippen molar-refractivity contribution in [2.24, 2.45) is 0 Å². The van der Waals surface area contributed by atoms with Crippen molar-refractivity contribution in [1.29, 1.82) is 0 Å². The number of nitrogens with one attached hydrogen (secondary N) is 1. The maximum atomic E-state index is 5.49. The molecule has 0 bridgehead atoms. The Bertz CT molecular complexity index is 296. The van der Waals surface area contributed by atoms with Crippen molar-refractivity contribution in [3.8, 4) is 0 Å². The lowest BCUT2D eigenvalue weighted by molar-refractivity contribution is -0.0529. The Labute approximate surface area is 96.8 Å². The Balaban J connectivity index is 1.99. The van der Waals surface area contributed by atoms with E-state index in [1.165, 1.54) is 5.56 Å². The Kier molecular flexibility index (Phi) is 4.34. The first-order valence-corrected chi connectivity index (χ1v) is 5.91. The molecule has 1 aromatic carbocycles. The van der Waals surface area contributed by atoms with Gasteiger partial charge in [0.2, 0.25) is 0 Å². The lowest BCUT2D eigenvalue weighted by Crippen LogP contribution is -2.25. The van der Waals surface area contributed by atoms with Crippen LogP contribution in [0.4, 0.5) is 0 Å². The molecule has 1 aliphatic rings. The Morgan fingerprint density at radius 3 is 2.56 bits per heavy atom. The molecule has 0 spiro atoms. The van der Waals surface area contributed by atoms with Crippen LogP contribution in [0, 0.1) is 0 Å². The van der Waals surface area contributed by atoms with Crippen LogP contribution in [0.1, 0.15) is 24.9 Å². The molecule has 1 atom stereocenters. The largest absolute Gasteiger partial charge is 0.350 e. The van der Waals surface area contributed by atoms with Gasteiger partial charge in [0.05, 0.1) is 13.2 Å². The fourth-order valence-electron chi connectivity index (χ4n) is 2.00. The van der Waals surface area contributed by atoms with Crippen molar-refractivity contribution in [2.75, 3.05) is 19.8 Å². The van der Waals surface area contributed by atoms with E-state index in [2.05, 4.69) is 36.5 Å². The number of hydrogen-bond acceptors (Lipinski definition) is 3. The van der Waals surface area contributed by atoms with Crippen LogP contribution in [0.15, 0.2) is 30.3 Å². The molecule has 0 aliphatic carbocycles.